The molecule has 7 nitrogen and oxygen atoms in total. The molecule has 1 aliphatic heterocycles. The van der Waals surface area contributed by atoms with Gasteiger partial charge in [0.05, 0.1) is 6.26 Å². The number of nitrogens with zero attached hydrogens (tertiary/aromatic N) is 1. The first-order chi connectivity index (χ1) is 6.19. The third-order valence-corrected chi connectivity index (χ3v) is 2.94. The van der Waals surface area contributed by atoms with Gasteiger partial charge in [-0.2, -0.15) is 4.31 Å². The van der Waals surface area contributed by atoms with E-state index >= 15 is 0 Å². The fourth-order valence-corrected chi connectivity index (χ4v) is 2.34. The molecule has 8 heteroatoms. The van der Waals surface area contributed by atoms with E-state index in [-0.39, 0.29) is 10.7 Å². The summed E-state index contributed by atoms with van der Waals surface area (Å²) >= 11 is 0. The third kappa shape index (κ3) is 1.46. The second-order valence-electron chi connectivity index (χ2n) is 2.92. The van der Waals surface area contributed by atoms with Crippen molar-refractivity contribution < 1.29 is 23.1 Å². The summed E-state index contributed by atoms with van der Waals surface area (Å²) in [5.74, 6) is -2.18. The van der Waals surface area contributed by atoms with Gasteiger partial charge in [-0.1, -0.05) is 0 Å². The predicted molar refractivity (Wildman–Crippen MR) is 44.8 cm³/mol. The number of sulfonamides is 1. The lowest BCUT2D eigenvalue weighted by molar-refractivity contribution is -0.148. The number of nitrogens with two attached hydrogens (primary N) is 1. The van der Waals surface area contributed by atoms with Gasteiger partial charge in [0.25, 0.3) is 5.91 Å². The largest absolute Gasteiger partial charge is 0.365 e. The molecule has 79 valence electrons. The van der Waals surface area contributed by atoms with Gasteiger partial charge in [0, 0.05) is 12.8 Å². The van der Waals surface area contributed by atoms with Crippen molar-refractivity contribution in [3.8, 4) is 0 Å². The first-order valence-corrected chi connectivity index (χ1v) is 5.44. The predicted octanol–water partition coefficient (Wildman–Crippen LogP) is -2.44. The lowest BCUT2D eigenvalue weighted by atomic mass is 10.1. The Morgan fingerprint density at radius 2 is 2.21 bits per heavy atom. The Hall–Kier alpha value is -1.15. The maximum absolute atomic E-state index is 11.1. The van der Waals surface area contributed by atoms with Crippen molar-refractivity contribution in [1.82, 2.24) is 4.31 Å². The highest BCUT2D eigenvalue weighted by molar-refractivity contribution is 7.89. The average Bonchev–Trinajstić information content (AvgIpc) is 2.26. The first kappa shape index (κ1) is 10.9. The van der Waals surface area contributed by atoms with Gasteiger partial charge in [0.15, 0.2) is 0 Å². The molecular weight excluding hydrogens is 212 g/mol. The van der Waals surface area contributed by atoms with Crippen LogP contribution in [0, 0.1) is 6.42 Å². The standard InChI is InChI=1S/C6H9N2O5S/c1-14(12,13)8-4(9)2-3-6(8,11)5(7)10/h3,11H,2H2,1H3,(H2,7,10). The number of carbonyl (C=O) groups is 2. The lowest BCUT2D eigenvalue weighted by Crippen LogP contribution is -2.57. The molecule has 1 rings (SSSR count). The molecule has 1 heterocycles. The number of primary amides is 1. The summed E-state index contributed by atoms with van der Waals surface area (Å²) in [7, 11) is -4.00. The van der Waals surface area contributed by atoms with Crippen LogP contribution in [0.25, 0.3) is 0 Å². The second-order valence-corrected chi connectivity index (χ2v) is 4.75. The molecular formula is C6H9N2O5S. The molecule has 1 fully saturated rings. The average molecular weight is 221 g/mol. The van der Waals surface area contributed by atoms with Crippen LogP contribution in [0.15, 0.2) is 0 Å². The van der Waals surface area contributed by atoms with Crippen molar-refractivity contribution in [2.75, 3.05) is 6.26 Å². The number of hydrogen-bond acceptors (Lipinski definition) is 5. The summed E-state index contributed by atoms with van der Waals surface area (Å²) < 4.78 is 22.2. The van der Waals surface area contributed by atoms with Crippen molar-refractivity contribution in [3.63, 3.8) is 0 Å². The third-order valence-electron chi connectivity index (χ3n) is 1.79. The van der Waals surface area contributed by atoms with Gasteiger partial charge in [0.1, 0.15) is 0 Å². The molecule has 0 saturated carbocycles. The minimum Gasteiger partial charge on any atom is -0.365 e. The zero-order valence-electron chi connectivity index (χ0n) is 7.30. The molecule has 0 bridgehead atoms. The summed E-state index contributed by atoms with van der Waals surface area (Å²) in [6.45, 7) is 0. The van der Waals surface area contributed by atoms with E-state index in [9.17, 15) is 23.1 Å². The second kappa shape index (κ2) is 2.92. The number of hydrogen-bond donors (Lipinski definition) is 2. The number of carbonyl (C=O) groups excluding carboxylic acids is 2. The summed E-state index contributed by atoms with van der Waals surface area (Å²) in [5.41, 5.74) is 2.28. The summed E-state index contributed by atoms with van der Waals surface area (Å²) in [4.78, 5) is 21.9. The first-order valence-electron chi connectivity index (χ1n) is 3.59. The van der Waals surface area contributed by atoms with Gasteiger partial charge >= 0.3 is 0 Å². The summed E-state index contributed by atoms with van der Waals surface area (Å²) in [5, 5.41) is 9.53. The zero-order valence-corrected chi connectivity index (χ0v) is 8.11. The Balaban J connectivity index is 3.25. The topological polar surface area (TPSA) is 118 Å². The van der Waals surface area contributed by atoms with Crippen molar-refractivity contribution in [2.24, 2.45) is 5.73 Å². The Kier molecular flexibility index (Phi) is 2.28. The van der Waals surface area contributed by atoms with Crippen LogP contribution in [0.4, 0.5) is 0 Å². The van der Waals surface area contributed by atoms with Crippen molar-refractivity contribution in [3.05, 3.63) is 6.42 Å². The van der Waals surface area contributed by atoms with Crippen molar-refractivity contribution >= 4 is 21.8 Å². The van der Waals surface area contributed by atoms with Crippen LogP contribution >= 0.6 is 0 Å². The van der Waals surface area contributed by atoms with E-state index in [1.165, 1.54) is 0 Å². The molecule has 3 N–H and O–H groups in total. The Morgan fingerprint density at radius 1 is 1.71 bits per heavy atom. The SMILES string of the molecule is CS(=O)(=O)N1C(=O)C[CH]C1(O)C(N)=O. The highest BCUT2D eigenvalue weighted by atomic mass is 32.2. The molecule has 0 aromatic rings. The van der Waals surface area contributed by atoms with E-state index in [0.29, 0.717) is 6.26 Å². The number of rotatable bonds is 2. The molecule has 0 aromatic carbocycles. The molecule has 0 aliphatic carbocycles. The molecule has 1 atom stereocenters. The fraction of sp³-hybridized carbons (Fsp3) is 0.500. The van der Waals surface area contributed by atoms with Crippen LogP contribution in [-0.4, -0.2) is 41.6 Å². The maximum atomic E-state index is 11.1. The van der Waals surface area contributed by atoms with Gasteiger partial charge in [-0.3, -0.25) is 9.59 Å². The highest BCUT2D eigenvalue weighted by Crippen LogP contribution is 2.28. The van der Waals surface area contributed by atoms with Gasteiger partial charge < -0.3 is 10.8 Å². The monoisotopic (exact) mass is 221 g/mol. The van der Waals surface area contributed by atoms with Crippen LogP contribution in [0.2, 0.25) is 0 Å². The Labute approximate surface area is 80.5 Å². The molecule has 14 heavy (non-hydrogen) atoms. The number of amides is 2. The molecule has 0 spiro atoms. The molecule has 2 amide bonds. The van der Waals surface area contributed by atoms with E-state index in [4.69, 9.17) is 5.73 Å². The number of aliphatic hydroxyl groups is 1. The molecule has 1 aliphatic rings. The quantitative estimate of drug-likeness (QED) is 0.537. The van der Waals surface area contributed by atoms with Crippen molar-refractivity contribution in [2.45, 2.75) is 12.1 Å². The van der Waals surface area contributed by atoms with E-state index < -0.39 is 27.6 Å². The summed E-state index contributed by atoms with van der Waals surface area (Å²) in [6.07, 6.45) is 1.23. The van der Waals surface area contributed by atoms with Crippen LogP contribution in [0.3, 0.4) is 0 Å². The minimum atomic E-state index is -4.00. The van der Waals surface area contributed by atoms with Gasteiger partial charge in [-0.25, -0.2) is 8.42 Å². The van der Waals surface area contributed by atoms with Gasteiger partial charge in [-0.15, -0.1) is 0 Å². The Morgan fingerprint density at radius 3 is 2.50 bits per heavy atom. The Bertz CT molecular complexity index is 389. The van der Waals surface area contributed by atoms with Crippen LogP contribution < -0.4 is 5.73 Å². The molecule has 1 unspecified atom stereocenters. The van der Waals surface area contributed by atoms with Crippen LogP contribution in [-0.2, 0) is 19.6 Å². The smallest absolute Gasteiger partial charge is 0.272 e. The van der Waals surface area contributed by atoms with Crippen LogP contribution in [0.1, 0.15) is 6.42 Å². The normalized spacial score (nSPS) is 28.1. The lowest BCUT2D eigenvalue weighted by Gasteiger charge is -2.27. The van der Waals surface area contributed by atoms with E-state index in [0.717, 1.165) is 6.42 Å². The molecule has 1 radical (unpaired) electrons. The van der Waals surface area contributed by atoms with Gasteiger partial charge in [-0.05, 0) is 0 Å². The van der Waals surface area contributed by atoms with Gasteiger partial charge in [0.2, 0.25) is 21.7 Å². The minimum absolute atomic E-state index is 0.0856. The fourth-order valence-electron chi connectivity index (χ4n) is 1.22. The van der Waals surface area contributed by atoms with Crippen molar-refractivity contribution in [1.29, 1.82) is 0 Å². The van der Waals surface area contributed by atoms with E-state index in [1.54, 1.807) is 0 Å². The van der Waals surface area contributed by atoms with E-state index in [2.05, 4.69) is 0 Å². The zero-order chi connectivity index (χ0) is 11.1. The highest BCUT2D eigenvalue weighted by Gasteiger charge is 2.53. The molecule has 1 saturated heterocycles. The molecule has 0 aromatic heterocycles. The van der Waals surface area contributed by atoms with Crippen LogP contribution in [0.5, 0.6) is 0 Å². The van der Waals surface area contributed by atoms with E-state index in [1.807, 2.05) is 0 Å². The maximum Gasteiger partial charge on any atom is 0.272 e. The summed E-state index contributed by atoms with van der Waals surface area (Å²) in [6, 6.07) is 0.